The Hall–Kier alpha value is 0.210. The summed E-state index contributed by atoms with van der Waals surface area (Å²) < 4.78 is 4.82. The smallest absolute Gasteiger partial charge is 0.173 e. The first-order valence-corrected chi connectivity index (χ1v) is 4.46. The van der Waals surface area contributed by atoms with Crippen molar-refractivity contribution in [2.75, 3.05) is 7.11 Å². The van der Waals surface area contributed by atoms with Crippen LogP contribution in [0.1, 0.15) is 32.1 Å². The Kier molecular flexibility index (Phi) is 3.16. The Morgan fingerprint density at radius 2 is 1.91 bits per heavy atom. The number of aliphatic hydroxyl groups is 1. The summed E-state index contributed by atoms with van der Waals surface area (Å²) >= 11 is 6.15. The van der Waals surface area contributed by atoms with Crippen LogP contribution in [-0.2, 0) is 4.74 Å². The van der Waals surface area contributed by atoms with Crippen LogP contribution in [-0.4, -0.2) is 23.4 Å². The zero-order valence-electron chi connectivity index (χ0n) is 6.85. The lowest BCUT2D eigenvalue weighted by Crippen LogP contribution is -2.39. The van der Waals surface area contributed by atoms with Crippen LogP contribution in [0, 0.1) is 0 Å². The van der Waals surface area contributed by atoms with E-state index in [1.807, 2.05) is 0 Å². The van der Waals surface area contributed by atoms with Crippen molar-refractivity contribution < 1.29 is 9.84 Å². The number of rotatable bonds is 2. The highest BCUT2D eigenvalue weighted by atomic mass is 35.5. The maximum atomic E-state index is 9.39. The zero-order chi connectivity index (χ0) is 8.32. The second-order valence-corrected chi connectivity index (χ2v) is 3.94. The van der Waals surface area contributed by atoms with E-state index in [0.29, 0.717) is 0 Å². The van der Waals surface area contributed by atoms with Crippen molar-refractivity contribution in [3.8, 4) is 0 Å². The number of hydrogen-bond acceptors (Lipinski definition) is 2. The number of halogens is 1. The van der Waals surface area contributed by atoms with Gasteiger partial charge in [-0.25, -0.2) is 0 Å². The highest BCUT2D eigenvalue weighted by molar-refractivity contribution is 6.24. The topological polar surface area (TPSA) is 29.5 Å². The average molecular weight is 179 g/mol. The predicted molar refractivity (Wildman–Crippen MR) is 44.7 cm³/mol. The van der Waals surface area contributed by atoms with Crippen molar-refractivity contribution in [3.63, 3.8) is 0 Å². The molecular formula is C8H15ClO2. The first kappa shape index (κ1) is 9.30. The van der Waals surface area contributed by atoms with E-state index in [1.165, 1.54) is 13.5 Å². The summed E-state index contributed by atoms with van der Waals surface area (Å²) in [7, 11) is 1.49. The maximum absolute atomic E-state index is 9.39. The van der Waals surface area contributed by atoms with Crippen LogP contribution in [0.2, 0.25) is 0 Å². The fourth-order valence-electron chi connectivity index (χ4n) is 1.60. The molecule has 1 unspecified atom stereocenters. The number of alkyl halides is 1. The quantitative estimate of drug-likeness (QED) is 0.517. The Balaban J connectivity index is 2.49. The van der Waals surface area contributed by atoms with Crippen LogP contribution in [0.5, 0.6) is 0 Å². The predicted octanol–water partition coefficient (Wildman–Crippen LogP) is 1.89. The molecule has 0 heterocycles. The summed E-state index contributed by atoms with van der Waals surface area (Å²) in [4.78, 5) is -0.507. The highest BCUT2D eigenvalue weighted by Crippen LogP contribution is 2.37. The molecule has 0 radical (unpaired) electrons. The van der Waals surface area contributed by atoms with E-state index in [0.717, 1.165) is 25.7 Å². The van der Waals surface area contributed by atoms with Gasteiger partial charge in [0.1, 0.15) is 0 Å². The van der Waals surface area contributed by atoms with E-state index >= 15 is 0 Å². The third-order valence-electron chi connectivity index (χ3n) is 2.35. The van der Waals surface area contributed by atoms with E-state index in [4.69, 9.17) is 16.3 Å². The molecule has 1 N–H and O–H groups in total. The summed E-state index contributed by atoms with van der Waals surface area (Å²) in [5.41, 5.74) is 0. The van der Waals surface area contributed by atoms with E-state index in [-0.39, 0.29) is 0 Å². The standard InChI is InChI=1S/C8H15ClO2/c1-11-7(10)8(9)5-3-2-4-6-8/h7,10H,2-6H2,1H3. The molecule has 1 atom stereocenters. The molecule has 0 aliphatic heterocycles. The molecule has 1 aliphatic rings. The van der Waals surface area contributed by atoms with Crippen molar-refractivity contribution in [2.24, 2.45) is 0 Å². The summed E-state index contributed by atoms with van der Waals surface area (Å²) in [5.74, 6) is 0. The second-order valence-electron chi connectivity index (χ2n) is 3.18. The van der Waals surface area contributed by atoms with E-state index in [9.17, 15) is 5.11 Å². The van der Waals surface area contributed by atoms with Crippen LogP contribution >= 0.6 is 11.6 Å². The van der Waals surface area contributed by atoms with Gasteiger partial charge in [-0.1, -0.05) is 19.3 Å². The van der Waals surface area contributed by atoms with Crippen LogP contribution in [0.15, 0.2) is 0 Å². The van der Waals surface area contributed by atoms with Crippen molar-refractivity contribution >= 4 is 11.6 Å². The molecule has 1 saturated carbocycles. The first-order valence-electron chi connectivity index (χ1n) is 4.09. The number of hydrogen-bond donors (Lipinski definition) is 1. The van der Waals surface area contributed by atoms with E-state index in [2.05, 4.69) is 0 Å². The molecule has 0 saturated heterocycles. The zero-order valence-corrected chi connectivity index (χ0v) is 7.60. The van der Waals surface area contributed by atoms with Gasteiger partial charge in [-0.2, -0.15) is 0 Å². The third kappa shape index (κ3) is 2.08. The summed E-state index contributed by atoms with van der Waals surface area (Å²) in [6.07, 6.45) is 4.36. The van der Waals surface area contributed by atoms with Crippen LogP contribution in [0.3, 0.4) is 0 Å². The fourth-order valence-corrected chi connectivity index (χ4v) is 1.95. The van der Waals surface area contributed by atoms with Crippen molar-refractivity contribution in [3.05, 3.63) is 0 Å². The van der Waals surface area contributed by atoms with Gasteiger partial charge in [0.2, 0.25) is 0 Å². The van der Waals surface area contributed by atoms with Crippen LogP contribution in [0.4, 0.5) is 0 Å². The van der Waals surface area contributed by atoms with Gasteiger partial charge in [-0.05, 0) is 12.8 Å². The van der Waals surface area contributed by atoms with E-state index < -0.39 is 11.2 Å². The number of methoxy groups -OCH3 is 1. The Morgan fingerprint density at radius 1 is 1.36 bits per heavy atom. The van der Waals surface area contributed by atoms with Gasteiger partial charge in [0.05, 0.1) is 4.87 Å². The molecule has 0 bridgehead atoms. The minimum Gasteiger partial charge on any atom is -0.366 e. The molecule has 0 spiro atoms. The van der Waals surface area contributed by atoms with Crippen LogP contribution < -0.4 is 0 Å². The van der Waals surface area contributed by atoms with Crippen molar-refractivity contribution in [1.29, 1.82) is 0 Å². The largest absolute Gasteiger partial charge is 0.366 e. The molecule has 0 aromatic rings. The molecule has 0 aromatic carbocycles. The highest BCUT2D eigenvalue weighted by Gasteiger charge is 2.37. The molecule has 0 amide bonds. The molecule has 66 valence electrons. The molecule has 11 heavy (non-hydrogen) atoms. The minimum absolute atomic E-state index is 0.507. The number of aliphatic hydroxyl groups excluding tert-OH is 1. The van der Waals surface area contributed by atoms with Gasteiger partial charge in [-0.3, -0.25) is 0 Å². The molecule has 1 rings (SSSR count). The van der Waals surface area contributed by atoms with Gasteiger partial charge in [0.15, 0.2) is 6.29 Å². The SMILES string of the molecule is COC(O)C1(Cl)CCCCC1. The molecule has 3 heteroatoms. The summed E-state index contributed by atoms with van der Waals surface area (Å²) in [5, 5.41) is 9.39. The first-order chi connectivity index (χ1) is 5.19. The minimum atomic E-state index is -0.801. The lowest BCUT2D eigenvalue weighted by atomic mass is 9.88. The molecular weight excluding hydrogens is 164 g/mol. The summed E-state index contributed by atoms with van der Waals surface area (Å²) in [6, 6.07) is 0. The van der Waals surface area contributed by atoms with Crippen molar-refractivity contribution in [1.82, 2.24) is 0 Å². The van der Waals surface area contributed by atoms with E-state index in [1.54, 1.807) is 0 Å². The Bertz CT molecular complexity index is 121. The van der Waals surface area contributed by atoms with Crippen molar-refractivity contribution in [2.45, 2.75) is 43.3 Å². The monoisotopic (exact) mass is 178 g/mol. The van der Waals surface area contributed by atoms with Gasteiger partial charge in [0, 0.05) is 7.11 Å². The summed E-state index contributed by atoms with van der Waals surface area (Å²) in [6.45, 7) is 0. The normalized spacial score (nSPS) is 26.5. The molecule has 1 fully saturated rings. The van der Waals surface area contributed by atoms with Gasteiger partial charge >= 0.3 is 0 Å². The van der Waals surface area contributed by atoms with Gasteiger partial charge in [0.25, 0.3) is 0 Å². The fraction of sp³-hybridized carbons (Fsp3) is 1.00. The average Bonchev–Trinajstić information content (AvgIpc) is 2.04. The Labute approximate surface area is 72.5 Å². The number of ether oxygens (including phenoxy) is 1. The van der Waals surface area contributed by atoms with Gasteiger partial charge < -0.3 is 9.84 Å². The Morgan fingerprint density at radius 3 is 2.36 bits per heavy atom. The van der Waals surface area contributed by atoms with Crippen LogP contribution in [0.25, 0.3) is 0 Å². The second kappa shape index (κ2) is 3.74. The molecule has 1 aliphatic carbocycles. The molecule has 0 aromatic heterocycles. The van der Waals surface area contributed by atoms with Gasteiger partial charge in [-0.15, -0.1) is 11.6 Å². The maximum Gasteiger partial charge on any atom is 0.173 e. The lowest BCUT2D eigenvalue weighted by molar-refractivity contribution is -0.108. The molecule has 2 nitrogen and oxygen atoms in total. The lowest BCUT2D eigenvalue weighted by Gasteiger charge is -2.34. The third-order valence-corrected chi connectivity index (χ3v) is 2.92.